The molecule has 1 aliphatic heterocycles. The molecule has 25 heavy (non-hydrogen) atoms. The van der Waals surface area contributed by atoms with E-state index in [2.05, 4.69) is 39.9 Å². The normalized spacial score (nSPS) is 19.5. The zero-order valence-electron chi connectivity index (χ0n) is 14.5. The van der Waals surface area contributed by atoms with Crippen LogP contribution in [0, 0.1) is 5.92 Å². The molecule has 0 atom stereocenters. The number of likely N-dealkylation sites (tertiary alicyclic amines) is 1. The van der Waals surface area contributed by atoms with Gasteiger partial charge in [0, 0.05) is 42.5 Å². The van der Waals surface area contributed by atoms with Crippen molar-refractivity contribution < 1.29 is 4.79 Å². The molecule has 1 saturated carbocycles. The maximum atomic E-state index is 12.1. The van der Waals surface area contributed by atoms with Crippen LogP contribution in [-0.2, 0) is 11.3 Å². The molecule has 1 aromatic heterocycles. The van der Waals surface area contributed by atoms with Crippen LogP contribution in [0.4, 0.5) is 0 Å². The molecule has 0 spiro atoms. The number of carbonyl (C=O) groups is 1. The highest BCUT2D eigenvalue weighted by Crippen LogP contribution is 2.27. The Balaban J connectivity index is 1.26. The van der Waals surface area contributed by atoms with Gasteiger partial charge in [-0.15, -0.1) is 11.3 Å². The summed E-state index contributed by atoms with van der Waals surface area (Å²) in [5.74, 6) is 0.584. The number of rotatable bonds is 5. The Morgan fingerprint density at radius 2 is 1.92 bits per heavy atom. The molecule has 132 valence electrons. The number of amides is 1. The Kier molecular flexibility index (Phi) is 5.13. The minimum Gasteiger partial charge on any atom is -0.353 e. The Morgan fingerprint density at radius 3 is 2.60 bits per heavy atom. The molecule has 2 fully saturated rings. The first-order chi connectivity index (χ1) is 12.3. The van der Waals surface area contributed by atoms with Crippen molar-refractivity contribution in [1.82, 2.24) is 15.2 Å². The Labute approximate surface area is 153 Å². The summed E-state index contributed by atoms with van der Waals surface area (Å²) in [6.07, 6.45) is 5.48. The topological polar surface area (TPSA) is 45.2 Å². The van der Waals surface area contributed by atoms with Gasteiger partial charge < -0.3 is 5.32 Å². The highest BCUT2D eigenvalue weighted by molar-refractivity contribution is 7.13. The van der Waals surface area contributed by atoms with Crippen LogP contribution in [0.1, 0.15) is 37.8 Å². The number of carbonyl (C=O) groups excluding carboxylic acids is 1. The van der Waals surface area contributed by atoms with Crippen LogP contribution in [0.5, 0.6) is 0 Å². The van der Waals surface area contributed by atoms with E-state index in [1.807, 2.05) is 6.07 Å². The summed E-state index contributed by atoms with van der Waals surface area (Å²) < 4.78 is 0. The van der Waals surface area contributed by atoms with Crippen LogP contribution in [0.3, 0.4) is 0 Å². The van der Waals surface area contributed by atoms with Crippen molar-refractivity contribution in [3.05, 3.63) is 41.4 Å². The number of hydrogen-bond donors (Lipinski definition) is 1. The van der Waals surface area contributed by atoms with Gasteiger partial charge in [-0.2, -0.15) is 0 Å². The van der Waals surface area contributed by atoms with E-state index < -0.39 is 0 Å². The lowest BCUT2D eigenvalue weighted by Crippen LogP contribution is -2.47. The second-order valence-electron chi connectivity index (χ2n) is 7.20. The Bertz CT molecular complexity index is 703. The summed E-state index contributed by atoms with van der Waals surface area (Å²) in [5, 5.41) is 6.52. The first kappa shape index (κ1) is 16.7. The van der Waals surface area contributed by atoms with Crippen molar-refractivity contribution in [3.8, 4) is 10.6 Å². The molecular formula is C20H25N3OS. The third-order valence-electron chi connectivity index (χ3n) is 5.37. The molecule has 1 saturated heterocycles. The van der Waals surface area contributed by atoms with Crippen molar-refractivity contribution in [1.29, 1.82) is 0 Å². The molecule has 4 nitrogen and oxygen atoms in total. The maximum absolute atomic E-state index is 12.1. The van der Waals surface area contributed by atoms with Crippen molar-refractivity contribution >= 4 is 17.2 Å². The molecule has 5 heteroatoms. The molecule has 0 unspecified atom stereocenters. The molecule has 0 radical (unpaired) electrons. The third-order valence-corrected chi connectivity index (χ3v) is 6.31. The molecule has 2 heterocycles. The SMILES string of the molecule is O=C(NC1CCN(Cc2csc(-c3ccccc3)n2)CC1)C1CCC1. The molecular weight excluding hydrogens is 330 g/mol. The van der Waals surface area contributed by atoms with E-state index >= 15 is 0 Å². The van der Waals surface area contributed by atoms with Gasteiger partial charge in [-0.05, 0) is 25.7 Å². The van der Waals surface area contributed by atoms with Crippen LogP contribution in [0.25, 0.3) is 10.6 Å². The fraction of sp³-hybridized carbons (Fsp3) is 0.500. The van der Waals surface area contributed by atoms with Crippen LogP contribution in [-0.4, -0.2) is 34.9 Å². The summed E-state index contributed by atoms with van der Waals surface area (Å²) in [6.45, 7) is 2.98. The predicted molar refractivity (Wildman–Crippen MR) is 101 cm³/mol. The largest absolute Gasteiger partial charge is 0.353 e. The van der Waals surface area contributed by atoms with Crippen molar-refractivity contribution in [3.63, 3.8) is 0 Å². The first-order valence-corrected chi connectivity index (χ1v) is 10.2. The summed E-state index contributed by atoms with van der Waals surface area (Å²) in [7, 11) is 0. The summed E-state index contributed by atoms with van der Waals surface area (Å²) in [5.41, 5.74) is 2.34. The van der Waals surface area contributed by atoms with Crippen molar-refractivity contribution in [2.45, 2.75) is 44.7 Å². The average Bonchev–Trinajstić information content (AvgIpc) is 3.04. The molecule has 1 N–H and O–H groups in total. The molecule has 4 rings (SSSR count). The highest BCUT2D eigenvalue weighted by atomic mass is 32.1. The van der Waals surface area contributed by atoms with Gasteiger partial charge >= 0.3 is 0 Å². The minimum absolute atomic E-state index is 0.289. The smallest absolute Gasteiger partial charge is 0.223 e. The second-order valence-corrected chi connectivity index (χ2v) is 8.05. The zero-order valence-corrected chi connectivity index (χ0v) is 15.3. The standard InChI is InChI=1S/C20H25N3OS/c24-19(15-7-4-8-15)21-17-9-11-23(12-10-17)13-18-14-25-20(22-18)16-5-2-1-3-6-16/h1-3,5-6,14-15,17H,4,7-13H2,(H,21,24). The van der Waals surface area contributed by atoms with Crippen LogP contribution in [0.2, 0.25) is 0 Å². The monoisotopic (exact) mass is 355 g/mol. The number of benzene rings is 1. The van der Waals surface area contributed by atoms with Gasteiger partial charge in [-0.1, -0.05) is 36.8 Å². The Morgan fingerprint density at radius 1 is 1.16 bits per heavy atom. The number of nitrogens with one attached hydrogen (secondary N) is 1. The summed E-state index contributed by atoms with van der Waals surface area (Å²) in [6, 6.07) is 10.7. The third kappa shape index (κ3) is 4.10. The van der Waals surface area contributed by atoms with Crippen LogP contribution >= 0.6 is 11.3 Å². The number of piperidine rings is 1. The Hall–Kier alpha value is -1.72. The van der Waals surface area contributed by atoms with E-state index in [9.17, 15) is 4.79 Å². The fourth-order valence-corrected chi connectivity index (χ4v) is 4.36. The molecule has 2 aliphatic rings. The number of hydrogen-bond acceptors (Lipinski definition) is 4. The average molecular weight is 356 g/mol. The number of thiazole rings is 1. The lowest BCUT2D eigenvalue weighted by atomic mass is 9.84. The van der Waals surface area contributed by atoms with E-state index in [4.69, 9.17) is 4.98 Å². The summed E-state index contributed by atoms with van der Waals surface area (Å²) in [4.78, 5) is 19.3. The molecule has 1 amide bonds. The lowest BCUT2D eigenvalue weighted by Gasteiger charge is -2.33. The van der Waals surface area contributed by atoms with Gasteiger partial charge in [-0.25, -0.2) is 4.98 Å². The van der Waals surface area contributed by atoms with E-state index in [-0.39, 0.29) is 5.91 Å². The number of nitrogens with zero attached hydrogens (tertiary/aromatic N) is 2. The lowest BCUT2D eigenvalue weighted by molar-refractivity contribution is -0.128. The van der Waals surface area contributed by atoms with Gasteiger partial charge in [0.1, 0.15) is 5.01 Å². The van der Waals surface area contributed by atoms with E-state index in [1.165, 1.54) is 12.0 Å². The van der Waals surface area contributed by atoms with Gasteiger partial charge in [0.15, 0.2) is 0 Å². The highest BCUT2D eigenvalue weighted by Gasteiger charge is 2.28. The van der Waals surface area contributed by atoms with Gasteiger partial charge in [0.2, 0.25) is 5.91 Å². The summed E-state index contributed by atoms with van der Waals surface area (Å²) >= 11 is 1.72. The van der Waals surface area contributed by atoms with E-state index in [0.29, 0.717) is 12.0 Å². The predicted octanol–water partition coefficient (Wildman–Crippen LogP) is 3.69. The second kappa shape index (κ2) is 7.67. The maximum Gasteiger partial charge on any atom is 0.223 e. The van der Waals surface area contributed by atoms with Crippen molar-refractivity contribution in [2.75, 3.05) is 13.1 Å². The first-order valence-electron chi connectivity index (χ1n) is 9.30. The van der Waals surface area contributed by atoms with Gasteiger partial charge in [0.25, 0.3) is 0 Å². The minimum atomic E-state index is 0.289. The van der Waals surface area contributed by atoms with Crippen molar-refractivity contribution in [2.24, 2.45) is 5.92 Å². The molecule has 1 aromatic carbocycles. The van der Waals surface area contributed by atoms with Crippen LogP contribution < -0.4 is 5.32 Å². The zero-order chi connectivity index (χ0) is 17.1. The van der Waals surface area contributed by atoms with E-state index in [1.54, 1.807) is 11.3 Å². The fourth-order valence-electron chi connectivity index (χ4n) is 3.55. The number of aromatic nitrogens is 1. The molecule has 0 bridgehead atoms. The van der Waals surface area contributed by atoms with Crippen LogP contribution in [0.15, 0.2) is 35.7 Å². The molecule has 2 aromatic rings. The quantitative estimate of drug-likeness (QED) is 0.890. The molecule has 1 aliphatic carbocycles. The van der Waals surface area contributed by atoms with Gasteiger partial charge in [-0.3, -0.25) is 9.69 Å². The van der Waals surface area contributed by atoms with E-state index in [0.717, 1.165) is 56.0 Å². The van der Waals surface area contributed by atoms with Gasteiger partial charge in [0.05, 0.1) is 5.69 Å².